The van der Waals surface area contributed by atoms with E-state index in [9.17, 15) is 0 Å². The summed E-state index contributed by atoms with van der Waals surface area (Å²) in [7, 11) is 0. The van der Waals surface area contributed by atoms with Crippen LogP contribution in [0.15, 0.2) is 34.9 Å². The Balaban J connectivity index is 1.57. The van der Waals surface area contributed by atoms with Crippen molar-refractivity contribution in [2.45, 2.75) is 25.0 Å². The van der Waals surface area contributed by atoms with Crippen LogP contribution in [0.3, 0.4) is 0 Å². The molecule has 0 amide bonds. The molecule has 2 heterocycles. The molecule has 0 bridgehead atoms. The predicted molar refractivity (Wildman–Crippen MR) is 79.9 cm³/mol. The van der Waals surface area contributed by atoms with E-state index in [0.29, 0.717) is 0 Å². The van der Waals surface area contributed by atoms with E-state index < -0.39 is 0 Å². The van der Waals surface area contributed by atoms with Crippen molar-refractivity contribution in [1.29, 1.82) is 0 Å². The number of hydroxylamine groups is 1. The molecule has 0 unspecified atom stereocenters. The SMILES string of the molecule is Clc1ccc(CN2CCC3(C=C(Br)NO3)CC2)cc1. The number of halogens is 2. The van der Waals surface area contributed by atoms with Crippen LogP contribution in [-0.2, 0) is 11.4 Å². The maximum absolute atomic E-state index is 5.90. The highest BCUT2D eigenvalue weighted by Gasteiger charge is 2.37. The van der Waals surface area contributed by atoms with Crippen LogP contribution >= 0.6 is 27.5 Å². The van der Waals surface area contributed by atoms with Gasteiger partial charge in [-0.3, -0.25) is 15.2 Å². The first kappa shape index (κ1) is 13.4. The largest absolute Gasteiger partial charge is 0.299 e. The third-order valence-electron chi connectivity index (χ3n) is 3.76. The zero-order valence-electron chi connectivity index (χ0n) is 10.5. The van der Waals surface area contributed by atoms with Crippen LogP contribution in [0, 0.1) is 0 Å². The highest BCUT2D eigenvalue weighted by Crippen LogP contribution is 2.33. The quantitative estimate of drug-likeness (QED) is 0.833. The van der Waals surface area contributed by atoms with E-state index in [0.717, 1.165) is 42.1 Å². The lowest BCUT2D eigenvalue weighted by molar-refractivity contribution is -0.0729. The first-order chi connectivity index (χ1) is 9.15. The van der Waals surface area contributed by atoms with Crippen molar-refractivity contribution in [3.05, 3.63) is 45.5 Å². The molecule has 0 atom stereocenters. The Morgan fingerprint density at radius 3 is 2.53 bits per heavy atom. The molecular formula is C14H16BrClN2O. The Morgan fingerprint density at radius 1 is 1.26 bits per heavy atom. The van der Waals surface area contributed by atoms with Crippen LogP contribution < -0.4 is 5.48 Å². The molecule has 1 fully saturated rings. The van der Waals surface area contributed by atoms with Gasteiger partial charge in [0.1, 0.15) is 10.2 Å². The zero-order valence-corrected chi connectivity index (χ0v) is 12.9. The van der Waals surface area contributed by atoms with Gasteiger partial charge in [-0.05, 0) is 52.5 Å². The second kappa shape index (κ2) is 5.44. The van der Waals surface area contributed by atoms with Gasteiger partial charge in [0.25, 0.3) is 0 Å². The maximum atomic E-state index is 5.90. The van der Waals surface area contributed by atoms with Crippen molar-refractivity contribution < 1.29 is 4.84 Å². The minimum atomic E-state index is -0.116. The second-order valence-electron chi connectivity index (χ2n) is 5.16. The van der Waals surface area contributed by atoms with E-state index in [4.69, 9.17) is 16.4 Å². The van der Waals surface area contributed by atoms with Gasteiger partial charge in [-0.15, -0.1) is 0 Å². The topological polar surface area (TPSA) is 24.5 Å². The number of nitrogens with one attached hydrogen (secondary N) is 1. The second-order valence-corrected chi connectivity index (χ2v) is 6.45. The number of rotatable bonds is 2. The van der Waals surface area contributed by atoms with E-state index in [1.807, 2.05) is 12.1 Å². The summed E-state index contributed by atoms with van der Waals surface area (Å²) >= 11 is 9.33. The van der Waals surface area contributed by atoms with Gasteiger partial charge < -0.3 is 0 Å². The van der Waals surface area contributed by atoms with Crippen molar-refractivity contribution in [2.24, 2.45) is 0 Å². The fourth-order valence-electron chi connectivity index (χ4n) is 2.62. The molecule has 1 saturated heterocycles. The van der Waals surface area contributed by atoms with E-state index >= 15 is 0 Å². The lowest BCUT2D eigenvalue weighted by atomic mass is 9.91. The molecule has 19 heavy (non-hydrogen) atoms. The summed E-state index contributed by atoms with van der Waals surface area (Å²) in [4.78, 5) is 8.13. The Hall–Kier alpha value is -0.550. The van der Waals surface area contributed by atoms with Crippen molar-refractivity contribution in [3.8, 4) is 0 Å². The van der Waals surface area contributed by atoms with E-state index in [2.05, 4.69) is 44.5 Å². The summed E-state index contributed by atoms with van der Waals surface area (Å²) in [6.45, 7) is 3.06. The summed E-state index contributed by atoms with van der Waals surface area (Å²) in [6.07, 6.45) is 4.18. The minimum absolute atomic E-state index is 0.116. The number of nitrogens with zero attached hydrogens (tertiary/aromatic N) is 1. The minimum Gasteiger partial charge on any atom is -0.299 e. The molecule has 0 saturated carbocycles. The number of hydrogen-bond acceptors (Lipinski definition) is 3. The van der Waals surface area contributed by atoms with Crippen LogP contribution in [0.4, 0.5) is 0 Å². The van der Waals surface area contributed by atoms with Crippen molar-refractivity contribution >= 4 is 27.5 Å². The van der Waals surface area contributed by atoms with Gasteiger partial charge in [0.05, 0.1) is 0 Å². The molecule has 1 aromatic carbocycles. The highest BCUT2D eigenvalue weighted by atomic mass is 79.9. The van der Waals surface area contributed by atoms with Crippen LogP contribution in [0.5, 0.6) is 0 Å². The number of piperidine rings is 1. The van der Waals surface area contributed by atoms with Crippen LogP contribution in [0.25, 0.3) is 0 Å². The summed E-state index contributed by atoms with van der Waals surface area (Å²) in [5.41, 5.74) is 4.09. The van der Waals surface area contributed by atoms with Gasteiger partial charge in [0, 0.05) is 24.7 Å². The molecule has 1 spiro atoms. The molecular weight excluding hydrogens is 328 g/mol. The molecule has 2 aliphatic heterocycles. The third-order valence-corrected chi connectivity index (χ3v) is 4.41. The summed E-state index contributed by atoms with van der Waals surface area (Å²) in [5.74, 6) is 0. The van der Waals surface area contributed by atoms with E-state index in [-0.39, 0.29) is 5.60 Å². The van der Waals surface area contributed by atoms with Crippen molar-refractivity contribution in [2.75, 3.05) is 13.1 Å². The summed E-state index contributed by atoms with van der Waals surface area (Å²) in [6, 6.07) is 8.09. The fraction of sp³-hybridized carbons (Fsp3) is 0.429. The smallest absolute Gasteiger partial charge is 0.119 e. The molecule has 0 aliphatic carbocycles. The van der Waals surface area contributed by atoms with E-state index in [1.54, 1.807) is 0 Å². The first-order valence-corrected chi connectivity index (χ1v) is 7.62. The Labute approximate surface area is 126 Å². The van der Waals surface area contributed by atoms with E-state index in [1.165, 1.54) is 5.56 Å². The van der Waals surface area contributed by atoms with Crippen molar-refractivity contribution in [3.63, 3.8) is 0 Å². The molecule has 1 N–H and O–H groups in total. The molecule has 0 aromatic heterocycles. The van der Waals surface area contributed by atoms with Crippen LogP contribution in [-0.4, -0.2) is 23.6 Å². The normalized spacial score (nSPS) is 22.3. The standard InChI is InChI=1S/C14H16BrClN2O/c15-13-9-14(19-17-13)5-7-18(8-6-14)10-11-1-3-12(16)4-2-11/h1-4,9,17H,5-8,10H2. The predicted octanol–water partition coefficient (Wildman–Crippen LogP) is 3.45. The molecule has 2 aliphatic rings. The molecule has 0 radical (unpaired) electrons. The Bertz CT molecular complexity index is 481. The molecule has 1 aromatic rings. The Kier molecular flexibility index (Phi) is 3.85. The number of benzene rings is 1. The number of likely N-dealkylation sites (tertiary alicyclic amines) is 1. The van der Waals surface area contributed by atoms with Gasteiger partial charge in [0.15, 0.2) is 0 Å². The average Bonchev–Trinajstić information content (AvgIpc) is 2.77. The maximum Gasteiger partial charge on any atom is 0.119 e. The van der Waals surface area contributed by atoms with Crippen molar-refractivity contribution in [1.82, 2.24) is 10.4 Å². The van der Waals surface area contributed by atoms with Crippen LogP contribution in [0.2, 0.25) is 5.02 Å². The molecule has 3 rings (SSSR count). The summed E-state index contributed by atoms with van der Waals surface area (Å²) in [5, 5.41) is 0.793. The molecule has 5 heteroatoms. The lowest BCUT2D eigenvalue weighted by Gasteiger charge is -2.36. The van der Waals surface area contributed by atoms with Gasteiger partial charge in [-0.25, -0.2) is 0 Å². The molecule has 102 valence electrons. The number of hydrogen-bond donors (Lipinski definition) is 1. The zero-order chi connectivity index (χ0) is 13.3. The van der Waals surface area contributed by atoms with Gasteiger partial charge >= 0.3 is 0 Å². The van der Waals surface area contributed by atoms with Gasteiger partial charge in [-0.1, -0.05) is 23.7 Å². The first-order valence-electron chi connectivity index (χ1n) is 6.44. The highest BCUT2D eigenvalue weighted by molar-refractivity contribution is 9.11. The van der Waals surface area contributed by atoms with Crippen LogP contribution in [0.1, 0.15) is 18.4 Å². The molecule has 3 nitrogen and oxygen atoms in total. The fourth-order valence-corrected chi connectivity index (χ4v) is 3.25. The summed E-state index contributed by atoms with van der Waals surface area (Å²) < 4.78 is 0.943. The Morgan fingerprint density at radius 2 is 1.95 bits per heavy atom. The monoisotopic (exact) mass is 342 g/mol. The van der Waals surface area contributed by atoms with Gasteiger partial charge in [0.2, 0.25) is 0 Å². The van der Waals surface area contributed by atoms with Gasteiger partial charge in [-0.2, -0.15) is 0 Å². The lowest BCUT2D eigenvalue weighted by Crippen LogP contribution is -2.44. The third kappa shape index (κ3) is 3.14. The average molecular weight is 344 g/mol.